The lowest BCUT2D eigenvalue weighted by Gasteiger charge is -2.29. The van der Waals surface area contributed by atoms with E-state index in [2.05, 4.69) is 60.9 Å². The zero-order chi connectivity index (χ0) is 13.6. The molecule has 0 bridgehead atoms. The van der Waals surface area contributed by atoms with E-state index in [9.17, 15) is 0 Å². The molecule has 0 aromatic rings. The largest absolute Gasteiger partial charge is 0.161 e. The van der Waals surface area contributed by atoms with Gasteiger partial charge < -0.3 is 0 Å². The van der Waals surface area contributed by atoms with Crippen molar-refractivity contribution in [2.24, 2.45) is 0 Å². The van der Waals surface area contributed by atoms with Crippen molar-refractivity contribution in [1.29, 1.82) is 0 Å². The zero-order valence-electron chi connectivity index (χ0n) is 12.4. The molecule has 2 aliphatic rings. The van der Waals surface area contributed by atoms with Crippen LogP contribution in [-0.2, 0) is 0 Å². The predicted molar refractivity (Wildman–Crippen MR) is 103 cm³/mol. The molecule has 0 N–H and O–H groups in total. The molecule has 112 valence electrons. The molecule has 5 heteroatoms. The Morgan fingerprint density at radius 2 is 1.32 bits per heavy atom. The summed E-state index contributed by atoms with van der Waals surface area (Å²) in [5.74, 6) is 8.63. The maximum absolute atomic E-state index is 2.47. The van der Waals surface area contributed by atoms with E-state index < -0.39 is 8.07 Å². The summed E-state index contributed by atoms with van der Waals surface area (Å²) < 4.78 is 0. The second kappa shape index (κ2) is 8.91. The van der Waals surface area contributed by atoms with Crippen LogP contribution in [0.25, 0.3) is 0 Å². The van der Waals surface area contributed by atoms with E-state index in [0.29, 0.717) is 0 Å². The number of thioether (sulfide) groups is 4. The van der Waals surface area contributed by atoms with Crippen molar-refractivity contribution in [2.75, 3.05) is 34.5 Å². The van der Waals surface area contributed by atoms with Crippen molar-refractivity contribution in [1.82, 2.24) is 0 Å². The van der Waals surface area contributed by atoms with Gasteiger partial charge in [-0.25, -0.2) is 0 Å². The summed E-state index contributed by atoms with van der Waals surface area (Å²) in [4.78, 5) is 0. The fourth-order valence-corrected chi connectivity index (χ4v) is 12.4. The standard InChI is InChI=1S/C14H28S4Si/c1-3-19(4-2,7-5-15-9-13-11-17-13)8-6-16-10-14-12-18-14/h13-14H,3-12H2,1-2H3. The topological polar surface area (TPSA) is 0 Å². The summed E-state index contributed by atoms with van der Waals surface area (Å²) >= 11 is 8.78. The van der Waals surface area contributed by atoms with E-state index in [4.69, 9.17) is 0 Å². The van der Waals surface area contributed by atoms with Crippen LogP contribution in [0.3, 0.4) is 0 Å². The van der Waals surface area contributed by atoms with Crippen molar-refractivity contribution < 1.29 is 0 Å². The van der Waals surface area contributed by atoms with E-state index in [1.807, 2.05) is 0 Å². The second-order valence-corrected chi connectivity index (χ2v) is 16.1. The first-order valence-corrected chi connectivity index (χ1v) is 14.9. The molecule has 0 aromatic carbocycles. The van der Waals surface area contributed by atoms with E-state index in [1.54, 1.807) is 12.1 Å². The van der Waals surface area contributed by atoms with Crippen LogP contribution >= 0.6 is 47.0 Å². The van der Waals surface area contributed by atoms with Gasteiger partial charge in [-0.1, -0.05) is 25.9 Å². The highest BCUT2D eigenvalue weighted by Crippen LogP contribution is 2.36. The fourth-order valence-electron chi connectivity index (χ4n) is 2.42. The second-order valence-electron chi connectivity index (χ2n) is 5.77. The van der Waals surface area contributed by atoms with E-state index >= 15 is 0 Å². The highest BCUT2D eigenvalue weighted by Gasteiger charge is 2.29. The Balaban J connectivity index is 1.58. The molecule has 2 unspecified atom stereocenters. The molecule has 0 aliphatic carbocycles. The molecule has 2 aliphatic heterocycles. The Kier molecular flexibility index (Phi) is 7.97. The molecule has 0 radical (unpaired) electrons. The molecule has 0 amide bonds. The molecule has 2 atom stereocenters. The summed E-state index contributed by atoms with van der Waals surface area (Å²) in [6, 6.07) is 6.20. The van der Waals surface area contributed by atoms with Crippen LogP contribution in [-0.4, -0.2) is 53.1 Å². The summed E-state index contributed by atoms with van der Waals surface area (Å²) in [7, 11) is -0.902. The Morgan fingerprint density at radius 1 is 0.895 bits per heavy atom. The summed E-state index contributed by atoms with van der Waals surface area (Å²) in [6.07, 6.45) is 0. The molecule has 2 fully saturated rings. The lowest BCUT2D eigenvalue weighted by Crippen LogP contribution is -2.33. The smallest absolute Gasteiger partial charge is 0.0546 e. The minimum Gasteiger partial charge on any atom is -0.161 e. The van der Waals surface area contributed by atoms with Crippen LogP contribution in [0, 0.1) is 0 Å². The van der Waals surface area contributed by atoms with E-state index in [1.165, 1.54) is 46.6 Å². The number of hydrogen-bond donors (Lipinski definition) is 0. The molecule has 0 saturated carbocycles. The van der Waals surface area contributed by atoms with E-state index in [0.717, 1.165) is 10.5 Å². The van der Waals surface area contributed by atoms with E-state index in [-0.39, 0.29) is 0 Å². The minimum atomic E-state index is -0.902. The minimum absolute atomic E-state index is 0.902. The first-order valence-electron chi connectivity index (χ1n) is 7.66. The third-order valence-corrected chi connectivity index (χ3v) is 15.4. The molecule has 0 aromatic heterocycles. The molecular weight excluding hydrogens is 325 g/mol. The van der Waals surface area contributed by atoms with Crippen molar-refractivity contribution in [3.05, 3.63) is 0 Å². The first kappa shape index (κ1) is 17.0. The fraction of sp³-hybridized carbons (Fsp3) is 1.00. The summed E-state index contributed by atoms with van der Waals surface area (Å²) in [5.41, 5.74) is 0. The molecule has 2 saturated heterocycles. The van der Waals surface area contributed by atoms with Gasteiger partial charge in [0, 0.05) is 33.5 Å². The van der Waals surface area contributed by atoms with Gasteiger partial charge >= 0.3 is 0 Å². The highest BCUT2D eigenvalue weighted by molar-refractivity contribution is 8.09. The predicted octanol–water partition coefficient (Wildman–Crippen LogP) is 5.17. The summed E-state index contributed by atoms with van der Waals surface area (Å²) in [5, 5.41) is 2.05. The summed E-state index contributed by atoms with van der Waals surface area (Å²) in [6.45, 7) is 4.94. The Labute approximate surface area is 137 Å². The molecular formula is C14H28S4Si. The zero-order valence-corrected chi connectivity index (χ0v) is 16.6. The van der Waals surface area contributed by atoms with Gasteiger partial charge in [0.05, 0.1) is 8.07 Å². The lowest BCUT2D eigenvalue weighted by molar-refractivity contribution is 1.12. The monoisotopic (exact) mass is 352 g/mol. The Hall–Kier alpha value is 1.62. The van der Waals surface area contributed by atoms with Crippen LogP contribution in [0.2, 0.25) is 24.2 Å². The van der Waals surface area contributed by atoms with Crippen LogP contribution < -0.4 is 0 Å². The molecule has 2 heterocycles. The maximum atomic E-state index is 2.47. The molecule has 2 rings (SSSR count). The SMILES string of the molecule is CC[Si](CC)(CCSCC1CS1)CCSCC1CS1. The Bertz CT molecular complexity index is 228. The quantitative estimate of drug-likeness (QED) is 0.270. The van der Waals surface area contributed by atoms with Gasteiger partial charge in [-0.15, -0.1) is 0 Å². The molecule has 19 heavy (non-hydrogen) atoms. The van der Waals surface area contributed by atoms with Crippen LogP contribution in [0.4, 0.5) is 0 Å². The average Bonchev–Trinajstić information content (AvgIpc) is 3.31. The van der Waals surface area contributed by atoms with Crippen LogP contribution in [0.15, 0.2) is 0 Å². The number of hydrogen-bond acceptors (Lipinski definition) is 4. The number of rotatable bonds is 12. The first-order chi connectivity index (χ1) is 9.28. The maximum Gasteiger partial charge on any atom is 0.0546 e. The van der Waals surface area contributed by atoms with Crippen LogP contribution in [0.5, 0.6) is 0 Å². The van der Waals surface area contributed by atoms with Crippen molar-refractivity contribution >= 4 is 55.1 Å². The average molecular weight is 353 g/mol. The molecule has 0 spiro atoms. The Morgan fingerprint density at radius 3 is 1.63 bits per heavy atom. The lowest BCUT2D eigenvalue weighted by atomic mass is 10.6. The van der Waals surface area contributed by atoms with Crippen molar-refractivity contribution in [3.8, 4) is 0 Å². The normalized spacial score (nSPS) is 25.6. The van der Waals surface area contributed by atoms with Crippen LogP contribution in [0.1, 0.15) is 13.8 Å². The van der Waals surface area contributed by atoms with Gasteiger partial charge in [0.1, 0.15) is 0 Å². The van der Waals surface area contributed by atoms with Gasteiger partial charge in [-0.2, -0.15) is 47.0 Å². The van der Waals surface area contributed by atoms with Gasteiger partial charge in [0.2, 0.25) is 0 Å². The van der Waals surface area contributed by atoms with Gasteiger partial charge in [-0.3, -0.25) is 0 Å². The van der Waals surface area contributed by atoms with Gasteiger partial charge in [0.15, 0.2) is 0 Å². The third kappa shape index (κ3) is 6.94. The molecule has 0 nitrogen and oxygen atoms in total. The third-order valence-electron chi connectivity index (χ3n) is 4.47. The van der Waals surface area contributed by atoms with Crippen molar-refractivity contribution in [3.63, 3.8) is 0 Å². The highest BCUT2D eigenvalue weighted by atomic mass is 32.2. The van der Waals surface area contributed by atoms with Gasteiger partial charge in [-0.05, 0) is 23.6 Å². The van der Waals surface area contributed by atoms with Gasteiger partial charge in [0.25, 0.3) is 0 Å². The van der Waals surface area contributed by atoms with Crippen molar-refractivity contribution in [2.45, 2.75) is 48.5 Å².